The van der Waals surface area contributed by atoms with Gasteiger partial charge in [-0.3, -0.25) is 0 Å². The molecule has 0 N–H and O–H groups in total. The lowest BCUT2D eigenvalue weighted by Gasteiger charge is -2.42. The summed E-state index contributed by atoms with van der Waals surface area (Å²) in [6, 6.07) is 18.1. The van der Waals surface area contributed by atoms with Gasteiger partial charge in [0.2, 0.25) is 0 Å². The minimum Gasteiger partial charge on any atom is -0.497 e. The van der Waals surface area contributed by atoms with Crippen molar-refractivity contribution in [3.8, 4) is 11.5 Å². The minimum absolute atomic E-state index is 0.838. The Labute approximate surface area is 313 Å². The first-order chi connectivity index (χ1) is 24.4. The molecule has 3 nitrogen and oxygen atoms in total. The molecule has 0 atom stereocenters. The quantitative estimate of drug-likeness (QED) is 0.0461. The van der Waals surface area contributed by atoms with Crippen molar-refractivity contribution < 1.29 is 14.0 Å². The van der Waals surface area contributed by atoms with Gasteiger partial charge in [-0.25, -0.2) is 10.9 Å². The number of hydrogen-bond donors (Lipinski definition) is 0. The van der Waals surface area contributed by atoms with Gasteiger partial charge >= 0.3 is 0 Å². The van der Waals surface area contributed by atoms with Crippen LogP contribution in [0.2, 0.25) is 12.6 Å². The van der Waals surface area contributed by atoms with E-state index in [2.05, 4.69) is 90.1 Å². The van der Waals surface area contributed by atoms with E-state index in [1.165, 1.54) is 183 Å². The average Bonchev–Trinajstić information content (AvgIpc) is 3.17. The Bertz CT molecular complexity index is 926. The molecule has 288 valence electrons. The largest absolute Gasteiger partial charge is 0.497 e. The van der Waals surface area contributed by atoms with Crippen LogP contribution in [0, 0.1) is 0 Å². The number of rotatable bonds is 30. The molecule has 0 aliphatic heterocycles. The zero-order chi connectivity index (χ0) is 36.8. The normalized spacial score (nSPS) is 11.7. The number of hydrogen-bond acceptors (Lipinski definition) is 2. The fraction of sp³-hybridized carbons (Fsp3) is 0.739. The van der Waals surface area contributed by atoms with Crippen LogP contribution in [0.3, 0.4) is 0 Å². The first-order valence-corrected chi connectivity index (χ1v) is 21.8. The molecule has 2 aromatic rings. The molecule has 0 saturated carbocycles. The van der Waals surface area contributed by atoms with E-state index in [4.69, 9.17) is 9.47 Å². The van der Waals surface area contributed by atoms with Gasteiger partial charge in [-0.1, -0.05) is 167 Å². The Morgan fingerprint density at radius 1 is 0.380 bits per heavy atom. The molecule has 0 heterocycles. The number of benzene rings is 2. The minimum atomic E-state index is -0.838. The van der Waals surface area contributed by atoms with Crippen LogP contribution in [0.1, 0.15) is 170 Å². The van der Waals surface area contributed by atoms with Crippen molar-refractivity contribution in [1.82, 2.24) is 0 Å². The Morgan fingerprint density at radius 3 is 0.860 bits per heavy atom. The standard InChI is InChI=1S/C38H64BO2.C8H20N/c1-5-7-9-11-13-15-17-19-21-23-33-39(35-25-29-37(40-3)30-26-35,36-27-31-38(41-4)32-28-36)34-24-22-20-18-16-14-12-10-8-6-2;1-5-9(6-2,7-3)8-4/h25-32H,5-24,33-34H2,1-4H3;5-8H2,1-4H3/q-1;+1. The second-order valence-corrected chi connectivity index (χ2v) is 15.3. The zero-order valence-electron chi connectivity index (χ0n) is 34.8. The van der Waals surface area contributed by atoms with Gasteiger partial charge in [-0.05, 0) is 52.0 Å². The molecule has 0 aromatic heterocycles. The summed E-state index contributed by atoms with van der Waals surface area (Å²) in [7, 11) is 3.54. The highest BCUT2D eigenvalue weighted by Gasteiger charge is 2.27. The summed E-state index contributed by atoms with van der Waals surface area (Å²) in [6.07, 6.45) is 29.4. The molecule has 0 radical (unpaired) electrons. The van der Waals surface area contributed by atoms with Crippen LogP contribution in [0.5, 0.6) is 11.5 Å². The summed E-state index contributed by atoms with van der Waals surface area (Å²) in [4.78, 5) is 0. The van der Waals surface area contributed by atoms with Gasteiger partial charge in [-0.2, -0.15) is 12.6 Å². The number of unbranched alkanes of at least 4 members (excludes halogenated alkanes) is 18. The second-order valence-electron chi connectivity index (χ2n) is 15.3. The first-order valence-electron chi connectivity index (χ1n) is 21.8. The molecule has 50 heavy (non-hydrogen) atoms. The summed E-state index contributed by atoms with van der Waals surface area (Å²) in [5, 5.41) is 0. The van der Waals surface area contributed by atoms with Gasteiger partial charge in [0.05, 0.1) is 46.5 Å². The van der Waals surface area contributed by atoms with Crippen LogP contribution in [-0.2, 0) is 0 Å². The predicted octanol–water partition coefficient (Wildman–Crippen LogP) is 13.0. The van der Waals surface area contributed by atoms with Crippen molar-refractivity contribution in [3.63, 3.8) is 0 Å². The van der Waals surface area contributed by atoms with Gasteiger partial charge in [0.25, 0.3) is 0 Å². The molecule has 0 unspecified atom stereocenters. The highest BCUT2D eigenvalue weighted by atomic mass is 16.5. The van der Waals surface area contributed by atoms with Crippen molar-refractivity contribution >= 4 is 17.1 Å². The van der Waals surface area contributed by atoms with Crippen LogP contribution >= 0.6 is 0 Å². The van der Waals surface area contributed by atoms with E-state index < -0.39 is 6.15 Å². The summed E-state index contributed by atoms with van der Waals surface area (Å²) in [5.74, 6) is 1.90. The van der Waals surface area contributed by atoms with Crippen molar-refractivity contribution in [1.29, 1.82) is 0 Å². The number of quaternary nitrogens is 1. The van der Waals surface area contributed by atoms with Crippen molar-refractivity contribution in [3.05, 3.63) is 48.5 Å². The van der Waals surface area contributed by atoms with E-state index in [9.17, 15) is 0 Å². The lowest BCUT2D eigenvalue weighted by molar-refractivity contribution is -0.921. The summed E-state index contributed by atoms with van der Waals surface area (Å²) < 4.78 is 12.4. The third-order valence-electron chi connectivity index (χ3n) is 12.3. The predicted molar refractivity (Wildman–Crippen MR) is 227 cm³/mol. The number of methoxy groups -OCH3 is 2. The van der Waals surface area contributed by atoms with E-state index in [0.29, 0.717) is 0 Å². The van der Waals surface area contributed by atoms with E-state index in [1.807, 2.05) is 0 Å². The van der Waals surface area contributed by atoms with E-state index in [1.54, 1.807) is 14.2 Å². The maximum atomic E-state index is 5.54. The van der Waals surface area contributed by atoms with E-state index >= 15 is 0 Å². The maximum absolute atomic E-state index is 5.54. The lowest BCUT2D eigenvalue weighted by atomic mass is 9.15. The van der Waals surface area contributed by atoms with Gasteiger partial charge < -0.3 is 14.0 Å². The Hall–Kier alpha value is -1.94. The monoisotopic (exact) mass is 694 g/mol. The van der Waals surface area contributed by atoms with Crippen molar-refractivity contribution in [2.45, 2.75) is 183 Å². The van der Waals surface area contributed by atoms with Crippen LogP contribution < -0.4 is 20.4 Å². The molecule has 4 heteroatoms. The average molecular weight is 694 g/mol. The third-order valence-corrected chi connectivity index (χ3v) is 12.3. The highest BCUT2D eigenvalue weighted by molar-refractivity contribution is 7.02. The highest BCUT2D eigenvalue weighted by Crippen LogP contribution is 2.26. The fourth-order valence-corrected chi connectivity index (χ4v) is 8.25. The third kappa shape index (κ3) is 18.0. The smallest absolute Gasteiger partial charge is 0.118 e. The topological polar surface area (TPSA) is 18.5 Å². The molecule has 0 aliphatic rings. The van der Waals surface area contributed by atoms with Crippen LogP contribution in [-0.4, -0.2) is 51.0 Å². The molecule has 0 aliphatic carbocycles. The van der Waals surface area contributed by atoms with E-state index in [0.717, 1.165) is 11.5 Å². The Balaban J connectivity index is 0.00000122. The SMILES string of the molecule is CCCCCCCCCCCC[B-](CCCCCCCCCCCC)(c1ccc(OC)cc1)c1ccc(OC)cc1.CC[N+](CC)(CC)CC. The maximum Gasteiger partial charge on any atom is 0.118 e. The van der Waals surface area contributed by atoms with Crippen molar-refractivity contribution in [2.24, 2.45) is 0 Å². The Morgan fingerprint density at radius 2 is 0.640 bits per heavy atom. The molecular formula is C46H84BNO2. The first kappa shape index (κ1) is 46.1. The molecule has 2 aromatic carbocycles. The van der Waals surface area contributed by atoms with Gasteiger partial charge in [0, 0.05) is 0 Å². The molecule has 2 rings (SSSR count). The molecule has 0 bridgehead atoms. The van der Waals surface area contributed by atoms with Gasteiger partial charge in [-0.15, -0.1) is 0 Å². The lowest BCUT2D eigenvalue weighted by Crippen LogP contribution is -2.58. The molecule has 0 spiro atoms. The summed E-state index contributed by atoms with van der Waals surface area (Å²) in [6.45, 7) is 18.8. The molecule has 0 saturated heterocycles. The second kappa shape index (κ2) is 29.6. The van der Waals surface area contributed by atoms with Crippen LogP contribution in [0.15, 0.2) is 48.5 Å². The van der Waals surface area contributed by atoms with Crippen molar-refractivity contribution in [2.75, 3.05) is 40.4 Å². The Kier molecular flexibility index (Phi) is 27.3. The summed E-state index contributed by atoms with van der Waals surface area (Å²) in [5.41, 5.74) is 3.01. The summed E-state index contributed by atoms with van der Waals surface area (Å²) >= 11 is 0. The van der Waals surface area contributed by atoms with Crippen LogP contribution in [0.4, 0.5) is 0 Å². The fourth-order valence-electron chi connectivity index (χ4n) is 8.25. The zero-order valence-corrected chi connectivity index (χ0v) is 34.8. The van der Waals surface area contributed by atoms with E-state index in [-0.39, 0.29) is 0 Å². The molecule has 0 amide bonds. The molecular weight excluding hydrogens is 609 g/mol. The van der Waals surface area contributed by atoms with Crippen LogP contribution in [0.25, 0.3) is 0 Å². The number of ether oxygens (including phenoxy) is 2. The number of nitrogens with zero attached hydrogens (tertiary/aromatic N) is 1. The van der Waals surface area contributed by atoms with Gasteiger partial charge in [0.1, 0.15) is 11.5 Å². The molecule has 0 fully saturated rings. The van der Waals surface area contributed by atoms with Gasteiger partial charge in [0.15, 0.2) is 0 Å².